The average Bonchev–Trinajstić information content (AvgIpc) is 2.46. The quantitative estimate of drug-likeness (QED) is 0.858. The molecule has 0 spiro atoms. The number of aliphatic carboxylic acids is 1. The van der Waals surface area contributed by atoms with Crippen LogP contribution in [0.25, 0.3) is 0 Å². The van der Waals surface area contributed by atoms with E-state index in [4.69, 9.17) is 9.84 Å². The Morgan fingerprint density at radius 2 is 2.10 bits per heavy atom. The maximum absolute atomic E-state index is 12.4. The number of rotatable bonds is 5. The zero-order chi connectivity index (χ0) is 15.2. The normalized spacial score (nSPS) is 18.8. The molecule has 0 aliphatic carbocycles. The van der Waals surface area contributed by atoms with Gasteiger partial charge in [0.1, 0.15) is 0 Å². The number of likely N-dealkylation sites (N-methyl/N-ethyl adjacent to an activating group) is 1. The largest absolute Gasteiger partial charge is 0.480 e. The Labute approximate surface area is 123 Å². The lowest BCUT2D eigenvalue weighted by molar-refractivity contribution is -0.138. The van der Waals surface area contributed by atoms with Crippen LogP contribution in [0.3, 0.4) is 0 Å². The van der Waals surface area contributed by atoms with Gasteiger partial charge in [0.2, 0.25) is 0 Å². The third-order valence-electron chi connectivity index (χ3n) is 3.37. The summed E-state index contributed by atoms with van der Waals surface area (Å²) < 4.78 is 5.62. The molecule has 1 unspecified atom stereocenters. The monoisotopic (exact) mass is 292 g/mol. The third-order valence-corrected chi connectivity index (χ3v) is 3.37. The molecule has 1 N–H and O–H groups in total. The topological polar surface area (TPSA) is 70.1 Å². The van der Waals surface area contributed by atoms with Crippen LogP contribution in [-0.4, -0.2) is 72.7 Å². The van der Waals surface area contributed by atoms with Crippen molar-refractivity contribution in [1.82, 2.24) is 9.80 Å². The summed E-state index contributed by atoms with van der Waals surface area (Å²) in [5, 5.41) is 8.76. The summed E-state index contributed by atoms with van der Waals surface area (Å²) in [5.74, 6) is -0.879. The minimum Gasteiger partial charge on any atom is -0.480 e. The van der Waals surface area contributed by atoms with Gasteiger partial charge in [0.15, 0.2) is 0 Å². The number of carboxylic acids is 1. The van der Waals surface area contributed by atoms with Crippen LogP contribution in [0.2, 0.25) is 0 Å². The van der Waals surface area contributed by atoms with Gasteiger partial charge in [-0.25, -0.2) is 0 Å². The van der Waals surface area contributed by atoms with Crippen LogP contribution in [0.1, 0.15) is 10.4 Å². The number of morpholine rings is 1. The lowest BCUT2D eigenvalue weighted by Crippen LogP contribution is -2.49. The van der Waals surface area contributed by atoms with Gasteiger partial charge in [-0.05, 0) is 19.2 Å². The Bertz CT molecular complexity index is 492. The molecule has 0 aromatic heterocycles. The average molecular weight is 292 g/mol. The second kappa shape index (κ2) is 7.19. The van der Waals surface area contributed by atoms with E-state index >= 15 is 0 Å². The first kappa shape index (κ1) is 15.5. The molecule has 114 valence electrons. The van der Waals surface area contributed by atoms with Crippen molar-refractivity contribution in [1.29, 1.82) is 0 Å². The highest BCUT2D eigenvalue weighted by Gasteiger charge is 2.26. The Balaban J connectivity index is 1.91. The van der Waals surface area contributed by atoms with Crippen LogP contribution >= 0.6 is 0 Å². The van der Waals surface area contributed by atoms with Gasteiger partial charge in [0.05, 0.1) is 19.3 Å². The molecule has 1 aliphatic rings. The Hall–Kier alpha value is -1.92. The second-order valence-corrected chi connectivity index (χ2v) is 5.20. The summed E-state index contributed by atoms with van der Waals surface area (Å²) in [4.78, 5) is 26.5. The fourth-order valence-electron chi connectivity index (χ4n) is 2.42. The van der Waals surface area contributed by atoms with Crippen molar-refractivity contribution in [2.24, 2.45) is 0 Å². The number of carboxylic acid groups (broad SMARTS) is 1. The highest BCUT2D eigenvalue weighted by molar-refractivity contribution is 5.94. The van der Waals surface area contributed by atoms with Crippen molar-refractivity contribution < 1.29 is 19.4 Å². The van der Waals surface area contributed by atoms with E-state index in [0.717, 1.165) is 0 Å². The van der Waals surface area contributed by atoms with E-state index in [-0.39, 0.29) is 18.6 Å². The van der Waals surface area contributed by atoms with Crippen LogP contribution in [0.15, 0.2) is 30.3 Å². The smallest absolute Gasteiger partial charge is 0.317 e. The molecule has 1 heterocycles. The molecular formula is C15H20N2O4. The SMILES string of the molecule is CN(CC(=O)O)CC1CN(C(=O)c2ccccc2)CCO1. The first-order valence-corrected chi connectivity index (χ1v) is 6.92. The van der Waals surface area contributed by atoms with E-state index in [1.807, 2.05) is 18.2 Å². The number of carbonyl (C=O) groups excluding carboxylic acids is 1. The van der Waals surface area contributed by atoms with Gasteiger partial charge in [0, 0.05) is 25.2 Å². The van der Waals surface area contributed by atoms with Crippen LogP contribution in [0.4, 0.5) is 0 Å². The summed E-state index contributed by atoms with van der Waals surface area (Å²) in [7, 11) is 1.73. The van der Waals surface area contributed by atoms with E-state index in [1.165, 1.54) is 0 Å². The van der Waals surface area contributed by atoms with E-state index in [0.29, 0.717) is 31.8 Å². The van der Waals surface area contributed by atoms with Gasteiger partial charge >= 0.3 is 5.97 Å². The number of hydrogen-bond donors (Lipinski definition) is 1. The standard InChI is InChI=1S/C15H20N2O4/c1-16(11-14(18)19)9-13-10-17(7-8-21-13)15(20)12-5-3-2-4-6-12/h2-6,13H,7-11H2,1H3,(H,18,19). The van der Waals surface area contributed by atoms with E-state index in [1.54, 1.807) is 29.0 Å². The molecule has 0 bridgehead atoms. The van der Waals surface area contributed by atoms with Gasteiger partial charge in [-0.1, -0.05) is 18.2 Å². The fraction of sp³-hybridized carbons (Fsp3) is 0.467. The van der Waals surface area contributed by atoms with Gasteiger partial charge in [0.25, 0.3) is 5.91 Å². The molecule has 1 atom stereocenters. The van der Waals surface area contributed by atoms with Crippen molar-refractivity contribution in [3.63, 3.8) is 0 Å². The van der Waals surface area contributed by atoms with Crippen molar-refractivity contribution in [2.75, 3.05) is 39.8 Å². The Morgan fingerprint density at radius 3 is 2.76 bits per heavy atom. The van der Waals surface area contributed by atoms with Crippen LogP contribution < -0.4 is 0 Å². The first-order valence-electron chi connectivity index (χ1n) is 6.92. The summed E-state index contributed by atoms with van der Waals surface area (Å²) >= 11 is 0. The summed E-state index contributed by atoms with van der Waals surface area (Å²) in [6, 6.07) is 9.14. The van der Waals surface area contributed by atoms with E-state index < -0.39 is 5.97 Å². The van der Waals surface area contributed by atoms with E-state index in [2.05, 4.69) is 0 Å². The number of ether oxygens (including phenoxy) is 1. The number of amides is 1. The predicted molar refractivity (Wildman–Crippen MR) is 77.2 cm³/mol. The molecule has 6 nitrogen and oxygen atoms in total. The molecule has 1 aromatic carbocycles. The lowest BCUT2D eigenvalue weighted by atomic mass is 10.1. The fourth-order valence-corrected chi connectivity index (χ4v) is 2.42. The minimum absolute atomic E-state index is 0.00946. The summed E-state index contributed by atoms with van der Waals surface area (Å²) in [6.45, 7) is 1.98. The van der Waals surface area contributed by atoms with Crippen molar-refractivity contribution in [2.45, 2.75) is 6.10 Å². The molecule has 1 fully saturated rings. The predicted octanol–water partition coefficient (Wildman–Crippen LogP) is 0.544. The Morgan fingerprint density at radius 1 is 1.38 bits per heavy atom. The van der Waals surface area contributed by atoms with Crippen molar-refractivity contribution in [3.8, 4) is 0 Å². The van der Waals surface area contributed by atoms with Crippen LogP contribution in [0.5, 0.6) is 0 Å². The molecule has 6 heteroatoms. The number of hydrogen-bond acceptors (Lipinski definition) is 4. The molecule has 1 aromatic rings. The van der Waals surface area contributed by atoms with E-state index in [9.17, 15) is 9.59 Å². The van der Waals surface area contributed by atoms with Crippen LogP contribution in [0, 0.1) is 0 Å². The molecule has 2 rings (SSSR count). The number of benzene rings is 1. The van der Waals surface area contributed by atoms with Crippen molar-refractivity contribution in [3.05, 3.63) is 35.9 Å². The molecular weight excluding hydrogens is 272 g/mol. The van der Waals surface area contributed by atoms with Gasteiger partial charge in [-0.15, -0.1) is 0 Å². The highest BCUT2D eigenvalue weighted by Crippen LogP contribution is 2.11. The molecule has 0 saturated carbocycles. The van der Waals surface area contributed by atoms with Gasteiger partial charge < -0.3 is 14.7 Å². The van der Waals surface area contributed by atoms with Crippen LogP contribution in [-0.2, 0) is 9.53 Å². The maximum atomic E-state index is 12.4. The summed E-state index contributed by atoms with van der Waals surface area (Å²) in [5.41, 5.74) is 0.664. The molecule has 1 amide bonds. The highest BCUT2D eigenvalue weighted by atomic mass is 16.5. The zero-order valence-corrected chi connectivity index (χ0v) is 12.1. The maximum Gasteiger partial charge on any atom is 0.317 e. The molecule has 0 radical (unpaired) electrons. The minimum atomic E-state index is -0.870. The third kappa shape index (κ3) is 4.54. The molecule has 1 aliphatic heterocycles. The lowest BCUT2D eigenvalue weighted by Gasteiger charge is -2.34. The first-order chi connectivity index (χ1) is 10.1. The molecule has 1 saturated heterocycles. The Kier molecular flexibility index (Phi) is 5.30. The number of nitrogens with zero attached hydrogens (tertiary/aromatic N) is 2. The summed E-state index contributed by atoms with van der Waals surface area (Å²) in [6.07, 6.45) is -0.157. The molecule has 21 heavy (non-hydrogen) atoms. The van der Waals surface area contributed by atoms with Gasteiger partial charge in [-0.2, -0.15) is 0 Å². The number of carbonyl (C=O) groups is 2. The van der Waals surface area contributed by atoms with Gasteiger partial charge in [-0.3, -0.25) is 14.5 Å². The zero-order valence-electron chi connectivity index (χ0n) is 12.1. The second-order valence-electron chi connectivity index (χ2n) is 5.20. The van der Waals surface area contributed by atoms with Crippen molar-refractivity contribution >= 4 is 11.9 Å².